The van der Waals surface area contributed by atoms with E-state index < -0.39 is 18.0 Å². The SMILES string of the molecule is CCOC(=O)COc1ccccc1/C=c1\sc2n(c1=O)C(c1cccc(OC)c1)C(C(=O)OCC)=C(c1ccccc1)N=2. The lowest BCUT2D eigenvalue weighted by Gasteiger charge is -2.26. The number of para-hydroxylation sites is 1. The van der Waals surface area contributed by atoms with E-state index in [1.807, 2.05) is 48.5 Å². The van der Waals surface area contributed by atoms with Crippen LogP contribution >= 0.6 is 11.3 Å². The van der Waals surface area contributed by atoms with Gasteiger partial charge in [0, 0.05) is 11.1 Å². The Morgan fingerprint density at radius 3 is 2.44 bits per heavy atom. The molecule has 0 saturated heterocycles. The molecule has 9 nitrogen and oxygen atoms in total. The van der Waals surface area contributed by atoms with E-state index in [4.69, 9.17) is 23.9 Å². The molecular formula is C33H30N2O7S. The topological polar surface area (TPSA) is 105 Å². The van der Waals surface area contributed by atoms with Gasteiger partial charge in [-0.15, -0.1) is 0 Å². The Bertz CT molecular complexity index is 1860. The Morgan fingerprint density at radius 2 is 1.70 bits per heavy atom. The first kappa shape index (κ1) is 29.5. The lowest BCUT2D eigenvalue weighted by molar-refractivity contribution is -0.145. The van der Waals surface area contributed by atoms with Crippen molar-refractivity contribution in [1.29, 1.82) is 0 Å². The maximum Gasteiger partial charge on any atom is 0.344 e. The van der Waals surface area contributed by atoms with Gasteiger partial charge in [0.15, 0.2) is 11.4 Å². The fraction of sp³-hybridized carbons (Fsp3) is 0.212. The van der Waals surface area contributed by atoms with Crippen molar-refractivity contribution in [2.24, 2.45) is 4.99 Å². The van der Waals surface area contributed by atoms with Gasteiger partial charge in [-0.2, -0.15) is 0 Å². The lowest BCUT2D eigenvalue weighted by Crippen LogP contribution is -2.40. The zero-order valence-electron chi connectivity index (χ0n) is 23.9. The van der Waals surface area contributed by atoms with Gasteiger partial charge in [-0.3, -0.25) is 9.36 Å². The Kier molecular flexibility index (Phi) is 9.17. The van der Waals surface area contributed by atoms with Crippen molar-refractivity contribution in [1.82, 2.24) is 4.57 Å². The van der Waals surface area contributed by atoms with Crippen molar-refractivity contribution in [3.05, 3.63) is 121 Å². The van der Waals surface area contributed by atoms with Gasteiger partial charge < -0.3 is 18.9 Å². The third kappa shape index (κ3) is 6.29. The highest BCUT2D eigenvalue weighted by molar-refractivity contribution is 7.07. The number of aromatic nitrogens is 1. The number of thiazole rings is 1. The summed E-state index contributed by atoms with van der Waals surface area (Å²) >= 11 is 1.20. The number of methoxy groups -OCH3 is 1. The molecule has 10 heteroatoms. The number of hydrogen-bond acceptors (Lipinski definition) is 9. The van der Waals surface area contributed by atoms with Crippen LogP contribution in [-0.2, 0) is 19.1 Å². The highest BCUT2D eigenvalue weighted by atomic mass is 32.1. The number of carbonyl (C=O) groups excluding carboxylic acids is 2. The predicted molar refractivity (Wildman–Crippen MR) is 163 cm³/mol. The molecule has 43 heavy (non-hydrogen) atoms. The van der Waals surface area contributed by atoms with E-state index in [1.165, 1.54) is 15.9 Å². The standard InChI is InChI=1S/C33H30N2O7S/c1-4-40-27(36)20-42-25-17-10-9-14-22(25)19-26-31(37)35-30(23-15-11-16-24(18-23)39-3)28(32(38)41-5-2)29(34-33(35)43-26)21-12-7-6-8-13-21/h6-19,30H,4-5,20H2,1-3H3/b26-19-. The molecule has 1 aliphatic rings. The monoisotopic (exact) mass is 598 g/mol. The number of rotatable bonds is 10. The predicted octanol–water partition coefficient (Wildman–Crippen LogP) is 3.89. The van der Waals surface area contributed by atoms with E-state index in [2.05, 4.69) is 0 Å². The van der Waals surface area contributed by atoms with Crippen molar-refractivity contribution < 1.29 is 28.5 Å². The highest BCUT2D eigenvalue weighted by Gasteiger charge is 2.35. The molecule has 5 rings (SSSR count). The van der Waals surface area contributed by atoms with E-state index >= 15 is 0 Å². The number of esters is 2. The second-order valence-corrected chi connectivity index (χ2v) is 10.3. The van der Waals surface area contributed by atoms with Gasteiger partial charge >= 0.3 is 11.9 Å². The van der Waals surface area contributed by atoms with Crippen molar-refractivity contribution >= 4 is 35.0 Å². The first-order chi connectivity index (χ1) is 20.9. The number of carbonyl (C=O) groups is 2. The van der Waals surface area contributed by atoms with Gasteiger partial charge in [0.2, 0.25) is 0 Å². The van der Waals surface area contributed by atoms with Gasteiger partial charge in [0.25, 0.3) is 5.56 Å². The summed E-state index contributed by atoms with van der Waals surface area (Å²) in [6.07, 6.45) is 1.70. The summed E-state index contributed by atoms with van der Waals surface area (Å²) in [5.41, 5.74) is 2.32. The van der Waals surface area contributed by atoms with Gasteiger partial charge in [-0.25, -0.2) is 14.6 Å². The van der Waals surface area contributed by atoms with Crippen molar-refractivity contribution in [2.45, 2.75) is 19.9 Å². The van der Waals surface area contributed by atoms with Gasteiger partial charge in [0.1, 0.15) is 11.5 Å². The Labute approximate surface area is 252 Å². The first-order valence-corrected chi connectivity index (χ1v) is 14.6. The molecule has 0 saturated carbocycles. The molecule has 1 aliphatic heterocycles. The molecule has 0 radical (unpaired) electrons. The summed E-state index contributed by atoms with van der Waals surface area (Å²) in [5.74, 6) is -0.0588. The molecule has 3 aromatic carbocycles. The average Bonchev–Trinajstić information content (AvgIpc) is 3.34. The molecule has 1 aromatic heterocycles. The van der Waals surface area contributed by atoms with Crippen LogP contribution in [0.4, 0.5) is 0 Å². The Balaban J connectivity index is 1.73. The third-order valence-electron chi connectivity index (χ3n) is 6.64. The molecule has 0 bridgehead atoms. The molecule has 0 aliphatic carbocycles. The molecule has 1 unspecified atom stereocenters. The highest BCUT2D eigenvalue weighted by Crippen LogP contribution is 2.36. The van der Waals surface area contributed by atoms with E-state index in [-0.39, 0.29) is 31.0 Å². The zero-order chi connectivity index (χ0) is 30.3. The normalized spacial score (nSPS) is 14.5. The third-order valence-corrected chi connectivity index (χ3v) is 7.62. The smallest absolute Gasteiger partial charge is 0.344 e. The second kappa shape index (κ2) is 13.3. The molecule has 220 valence electrons. The number of benzene rings is 3. The minimum Gasteiger partial charge on any atom is -0.497 e. The summed E-state index contributed by atoms with van der Waals surface area (Å²) in [5, 5.41) is 0. The molecular weight excluding hydrogens is 568 g/mol. The van der Waals surface area contributed by atoms with Crippen LogP contribution in [0.3, 0.4) is 0 Å². The molecule has 2 heterocycles. The molecule has 0 fully saturated rings. The average molecular weight is 599 g/mol. The number of fused-ring (bicyclic) bond motifs is 1. The Hall–Kier alpha value is -4.96. The van der Waals surface area contributed by atoms with Crippen molar-refractivity contribution in [3.63, 3.8) is 0 Å². The summed E-state index contributed by atoms with van der Waals surface area (Å²) < 4.78 is 23.6. The molecule has 0 spiro atoms. The van der Waals surface area contributed by atoms with Crippen LogP contribution in [-0.4, -0.2) is 43.4 Å². The summed E-state index contributed by atoms with van der Waals surface area (Å²) in [4.78, 5) is 44.9. The summed E-state index contributed by atoms with van der Waals surface area (Å²) in [7, 11) is 1.56. The van der Waals surface area contributed by atoms with Gasteiger partial charge in [-0.1, -0.05) is 72.0 Å². The largest absolute Gasteiger partial charge is 0.497 e. The maximum atomic E-state index is 14.1. The lowest BCUT2D eigenvalue weighted by atomic mass is 9.93. The summed E-state index contributed by atoms with van der Waals surface area (Å²) in [6, 6.07) is 22.9. The minimum atomic E-state index is -0.835. The summed E-state index contributed by atoms with van der Waals surface area (Å²) in [6.45, 7) is 3.60. The van der Waals surface area contributed by atoms with E-state index in [9.17, 15) is 14.4 Å². The molecule has 0 N–H and O–H groups in total. The quantitative estimate of drug-likeness (QED) is 0.255. The van der Waals surface area contributed by atoms with E-state index in [0.717, 1.165) is 0 Å². The fourth-order valence-electron chi connectivity index (χ4n) is 4.78. The zero-order valence-corrected chi connectivity index (χ0v) is 24.8. The number of ether oxygens (including phenoxy) is 4. The number of nitrogens with zero attached hydrogens (tertiary/aromatic N) is 2. The van der Waals surface area contributed by atoms with Crippen molar-refractivity contribution in [2.75, 3.05) is 26.9 Å². The molecule has 0 amide bonds. The second-order valence-electron chi connectivity index (χ2n) is 9.34. The van der Waals surface area contributed by atoms with E-state index in [0.29, 0.717) is 43.2 Å². The van der Waals surface area contributed by atoms with Crippen LogP contribution in [0.2, 0.25) is 0 Å². The van der Waals surface area contributed by atoms with Crippen LogP contribution in [0.25, 0.3) is 11.8 Å². The van der Waals surface area contributed by atoms with E-state index in [1.54, 1.807) is 57.4 Å². The van der Waals surface area contributed by atoms with Gasteiger partial charge in [0.05, 0.1) is 42.2 Å². The van der Waals surface area contributed by atoms with Crippen LogP contribution < -0.4 is 24.4 Å². The fourth-order valence-corrected chi connectivity index (χ4v) is 5.77. The van der Waals surface area contributed by atoms with Crippen LogP contribution in [0.15, 0.2) is 94.2 Å². The Morgan fingerprint density at radius 1 is 0.953 bits per heavy atom. The minimum absolute atomic E-state index is 0.155. The number of hydrogen-bond donors (Lipinski definition) is 0. The van der Waals surface area contributed by atoms with Crippen molar-refractivity contribution in [3.8, 4) is 11.5 Å². The van der Waals surface area contributed by atoms with Crippen LogP contribution in [0.5, 0.6) is 11.5 Å². The first-order valence-electron chi connectivity index (χ1n) is 13.7. The molecule has 1 atom stereocenters. The maximum absolute atomic E-state index is 14.1. The van der Waals surface area contributed by atoms with Crippen LogP contribution in [0, 0.1) is 0 Å². The molecule has 4 aromatic rings. The van der Waals surface area contributed by atoms with Crippen LogP contribution in [0.1, 0.15) is 36.6 Å². The van der Waals surface area contributed by atoms with Gasteiger partial charge in [-0.05, 0) is 43.7 Å².